The quantitative estimate of drug-likeness (QED) is 0.601. The van der Waals surface area contributed by atoms with Crippen molar-refractivity contribution in [1.82, 2.24) is 0 Å². The SMILES string of the molecule is CC(=O)[C@H]1CC[C@H]2[C@@H]3CC=C4C(C)(C)C(=O)CC[C@]4(C)[C@H]3CC[C@]12C. The van der Waals surface area contributed by atoms with Gasteiger partial charge >= 0.3 is 0 Å². The zero-order valence-electron chi connectivity index (χ0n) is 16.7. The lowest BCUT2D eigenvalue weighted by Crippen LogP contribution is -2.53. The average Bonchev–Trinajstić information content (AvgIpc) is 2.89. The second-order valence-electron chi connectivity index (χ2n) is 10.5. The van der Waals surface area contributed by atoms with Crippen LogP contribution in [0.5, 0.6) is 0 Å². The highest BCUT2D eigenvalue weighted by atomic mass is 16.1. The molecule has 4 aliphatic rings. The van der Waals surface area contributed by atoms with Crippen LogP contribution in [0.4, 0.5) is 0 Å². The number of carbonyl (C=O) groups excluding carboxylic acids is 2. The van der Waals surface area contributed by atoms with Gasteiger partial charge in [-0.05, 0) is 87.9 Å². The fraction of sp³-hybridized carbons (Fsp3) is 0.826. The van der Waals surface area contributed by atoms with Crippen LogP contribution in [0.3, 0.4) is 0 Å². The average molecular weight is 343 g/mol. The molecule has 0 N–H and O–H groups in total. The molecule has 3 fully saturated rings. The van der Waals surface area contributed by atoms with Crippen molar-refractivity contribution in [3.63, 3.8) is 0 Å². The van der Waals surface area contributed by atoms with Crippen LogP contribution in [0.1, 0.15) is 79.6 Å². The van der Waals surface area contributed by atoms with Gasteiger partial charge in [0.25, 0.3) is 0 Å². The highest BCUT2D eigenvalue weighted by molar-refractivity contribution is 5.89. The fourth-order valence-corrected chi connectivity index (χ4v) is 7.89. The molecule has 0 saturated heterocycles. The molecule has 25 heavy (non-hydrogen) atoms. The maximum absolute atomic E-state index is 12.5. The topological polar surface area (TPSA) is 34.1 Å². The Kier molecular flexibility index (Phi) is 3.71. The van der Waals surface area contributed by atoms with Crippen LogP contribution in [0.25, 0.3) is 0 Å². The third kappa shape index (κ3) is 2.15. The van der Waals surface area contributed by atoms with Crippen molar-refractivity contribution in [2.75, 3.05) is 0 Å². The normalized spacial score (nSPS) is 48.2. The van der Waals surface area contributed by atoms with Gasteiger partial charge in [0.15, 0.2) is 0 Å². The molecule has 0 aromatic carbocycles. The number of ketones is 2. The first-order chi connectivity index (χ1) is 11.6. The zero-order chi connectivity index (χ0) is 18.2. The molecule has 0 aromatic heterocycles. The van der Waals surface area contributed by atoms with E-state index in [2.05, 4.69) is 33.8 Å². The molecule has 0 bridgehead atoms. The minimum Gasteiger partial charge on any atom is -0.300 e. The molecule has 0 aromatic rings. The van der Waals surface area contributed by atoms with E-state index < -0.39 is 0 Å². The Hall–Kier alpha value is -0.920. The molecular weight excluding hydrogens is 308 g/mol. The molecule has 0 spiro atoms. The summed E-state index contributed by atoms with van der Waals surface area (Å²) >= 11 is 0. The maximum atomic E-state index is 12.5. The summed E-state index contributed by atoms with van der Waals surface area (Å²) in [7, 11) is 0. The van der Waals surface area contributed by atoms with E-state index in [0.717, 1.165) is 25.7 Å². The third-order valence-corrected chi connectivity index (χ3v) is 9.20. The molecule has 0 aliphatic heterocycles. The van der Waals surface area contributed by atoms with E-state index in [1.807, 2.05) is 0 Å². The number of Topliss-reactive ketones (excluding diaryl/α,β-unsaturated/α-hetero) is 2. The van der Waals surface area contributed by atoms with E-state index in [-0.39, 0.29) is 22.2 Å². The van der Waals surface area contributed by atoms with E-state index >= 15 is 0 Å². The summed E-state index contributed by atoms with van der Waals surface area (Å²) in [5.74, 6) is 3.21. The van der Waals surface area contributed by atoms with Crippen LogP contribution in [0.2, 0.25) is 0 Å². The van der Waals surface area contributed by atoms with Gasteiger partial charge in [-0.15, -0.1) is 0 Å². The van der Waals surface area contributed by atoms with Gasteiger partial charge in [0.1, 0.15) is 11.6 Å². The molecule has 2 nitrogen and oxygen atoms in total. The maximum Gasteiger partial charge on any atom is 0.142 e. The van der Waals surface area contributed by atoms with Crippen LogP contribution in [-0.4, -0.2) is 11.6 Å². The van der Waals surface area contributed by atoms with Crippen LogP contribution < -0.4 is 0 Å². The van der Waals surface area contributed by atoms with Crippen LogP contribution in [-0.2, 0) is 9.59 Å². The lowest BCUT2D eigenvalue weighted by atomic mass is 9.44. The number of hydrogen-bond acceptors (Lipinski definition) is 2. The first-order valence-electron chi connectivity index (χ1n) is 10.4. The highest BCUT2D eigenvalue weighted by Gasteiger charge is 2.61. The summed E-state index contributed by atoms with van der Waals surface area (Å²) in [5, 5.41) is 0. The van der Waals surface area contributed by atoms with E-state index in [1.54, 1.807) is 6.92 Å². The Balaban J connectivity index is 1.72. The Labute approximate surface area is 152 Å². The Morgan fingerprint density at radius 1 is 1.04 bits per heavy atom. The van der Waals surface area contributed by atoms with Gasteiger partial charge in [0.2, 0.25) is 0 Å². The molecule has 3 saturated carbocycles. The molecule has 6 atom stereocenters. The van der Waals surface area contributed by atoms with Crippen LogP contribution in [0.15, 0.2) is 11.6 Å². The monoisotopic (exact) mass is 342 g/mol. The van der Waals surface area contributed by atoms with Gasteiger partial charge in [-0.2, -0.15) is 0 Å². The molecule has 4 rings (SSSR count). The predicted octanol–water partition coefficient (Wildman–Crippen LogP) is 5.36. The molecule has 0 amide bonds. The first-order valence-corrected chi connectivity index (χ1v) is 10.4. The highest BCUT2D eigenvalue weighted by Crippen LogP contribution is 2.67. The van der Waals surface area contributed by atoms with Gasteiger partial charge in [0, 0.05) is 17.8 Å². The van der Waals surface area contributed by atoms with Gasteiger partial charge in [-0.1, -0.05) is 25.5 Å². The first kappa shape index (κ1) is 17.5. The third-order valence-electron chi connectivity index (χ3n) is 9.20. The molecular formula is C23H34O2. The second kappa shape index (κ2) is 5.30. The van der Waals surface area contributed by atoms with Crippen molar-refractivity contribution in [2.24, 2.45) is 39.9 Å². The van der Waals surface area contributed by atoms with E-state index in [1.165, 1.54) is 24.8 Å². The Morgan fingerprint density at radius 3 is 2.44 bits per heavy atom. The van der Waals surface area contributed by atoms with Crippen LogP contribution in [0, 0.1) is 39.9 Å². The van der Waals surface area contributed by atoms with Gasteiger partial charge in [-0.25, -0.2) is 0 Å². The zero-order valence-corrected chi connectivity index (χ0v) is 16.7. The second-order valence-corrected chi connectivity index (χ2v) is 10.5. The smallest absolute Gasteiger partial charge is 0.142 e. The molecule has 2 heteroatoms. The summed E-state index contributed by atoms with van der Waals surface area (Å²) in [6.45, 7) is 11.0. The number of fused-ring (bicyclic) bond motifs is 5. The fourth-order valence-electron chi connectivity index (χ4n) is 7.89. The molecule has 0 heterocycles. The standard InChI is InChI=1S/C23H34O2/c1-14(24)16-7-8-17-15-6-9-19-21(2,3)20(25)11-13-23(19,5)18(15)10-12-22(16,17)4/h9,15-18H,6-8,10-13H2,1-5H3/t15-,16+,17-,18-,22+,23+/m0/s1. The van der Waals surface area contributed by atoms with E-state index in [4.69, 9.17) is 0 Å². The van der Waals surface area contributed by atoms with Gasteiger partial charge in [-0.3, -0.25) is 9.59 Å². The molecule has 0 radical (unpaired) electrons. The minimum atomic E-state index is -0.281. The van der Waals surface area contributed by atoms with Crippen molar-refractivity contribution in [1.29, 1.82) is 0 Å². The van der Waals surface area contributed by atoms with E-state index in [0.29, 0.717) is 29.3 Å². The van der Waals surface area contributed by atoms with Crippen molar-refractivity contribution >= 4 is 11.6 Å². The van der Waals surface area contributed by atoms with E-state index in [9.17, 15) is 9.59 Å². The van der Waals surface area contributed by atoms with Crippen molar-refractivity contribution in [3.05, 3.63) is 11.6 Å². The number of allylic oxidation sites excluding steroid dienone is 2. The summed E-state index contributed by atoms with van der Waals surface area (Å²) in [6, 6.07) is 0. The number of hydrogen-bond donors (Lipinski definition) is 0. The molecule has 138 valence electrons. The Bertz CT molecular complexity index is 657. The lowest BCUT2D eigenvalue weighted by Gasteiger charge is -2.59. The summed E-state index contributed by atoms with van der Waals surface area (Å²) in [6.07, 6.45) is 10.1. The van der Waals surface area contributed by atoms with Crippen molar-refractivity contribution in [2.45, 2.75) is 79.6 Å². The van der Waals surface area contributed by atoms with Gasteiger partial charge in [0.05, 0.1) is 0 Å². The van der Waals surface area contributed by atoms with Crippen molar-refractivity contribution in [3.8, 4) is 0 Å². The summed E-state index contributed by atoms with van der Waals surface area (Å²) < 4.78 is 0. The predicted molar refractivity (Wildman–Crippen MR) is 100 cm³/mol. The van der Waals surface area contributed by atoms with Crippen LogP contribution >= 0.6 is 0 Å². The summed E-state index contributed by atoms with van der Waals surface area (Å²) in [5.41, 5.74) is 1.56. The summed E-state index contributed by atoms with van der Waals surface area (Å²) in [4.78, 5) is 24.8. The number of carbonyl (C=O) groups is 2. The molecule has 0 unspecified atom stereocenters. The Morgan fingerprint density at radius 2 is 1.76 bits per heavy atom. The number of rotatable bonds is 1. The molecule has 4 aliphatic carbocycles. The lowest BCUT2D eigenvalue weighted by molar-refractivity contribution is -0.134. The largest absolute Gasteiger partial charge is 0.300 e. The minimum absolute atomic E-state index is 0.190. The van der Waals surface area contributed by atoms with Gasteiger partial charge < -0.3 is 0 Å². The van der Waals surface area contributed by atoms with Crippen molar-refractivity contribution < 1.29 is 9.59 Å².